The Balaban J connectivity index is 2.98. The van der Waals surface area contributed by atoms with Crippen LogP contribution in [-0.4, -0.2) is 39.0 Å². The van der Waals surface area contributed by atoms with Crippen molar-refractivity contribution in [3.63, 3.8) is 0 Å². The van der Waals surface area contributed by atoms with Crippen molar-refractivity contribution < 1.29 is 22.9 Å². The highest BCUT2D eigenvalue weighted by atomic mass is 32.2. The maximum atomic E-state index is 12.0. The van der Waals surface area contributed by atoms with Crippen LogP contribution in [0.4, 0.5) is 5.69 Å². The van der Waals surface area contributed by atoms with E-state index in [1.54, 1.807) is 0 Å². The second-order valence-corrected chi connectivity index (χ2v) is 5.40. The molecule has 0 aromatic heterocycles. The average molecular weight is 303 g/mol. The number of sulfonamides is 1. The summed E-state index contributed by atoms with van der Waals surface area (Å²) in [5.41, 5.74) is 5.04. The molecule has 10 heteroatoms. The van der Waals surface area contributed by atoms with Gasteiger partial charge in [-0.25, -0.2) is 8.42 Å². The van der Waals surface area contributed by atoms with Crippen molar-refractivity contribution in [2.75, 3.05) is 13.7 Å². The zero-order valence-corrected chi connectivity index (χ0v) is 11.3. The average Bonchev–Trinajstić information content (AvgIpc) is 2.44. The first kappa shape index (κ1) is 16.0. The van der Waals surface area contributed by atoms with Gasteiger partial charge in [-0.3, -0.25) is 14.9 Å². The second kappa shape index (κ2) is 6.41. The van der Waals surface area contributed by atoms with Crippen molar-refractivity contribution in [2.24, 2.45) is 5.73 Å². The Morgan fingerprint density at radius 1 is 1.45 bits per heavy atom. The van der Waals surface area contributed by atoms with Gasteiger partial charge in [-0.1, -0.05) is 0 Å². The molecular formula is C10H13N3O6S. The lowest BCUT2D eigenvalue weighted by atomic mass is 10.3. The molecule has 0 saturated carbocycles. The molecule has 0 radical (unpaired) electrons. The minimum absolute atomic E-state index is 0.217. The Morgan fingerprint density at radius 2 is 2.00 bits per heavy atom. The number of hydrogen-bond donors (Lipinski definition) is 2. The zero-order valence-electron chi connectivity index (χ0n) is 10.5. The molecule has 0 saturated heterocycles. The van der Waals surface area contributed by atoms with Gasteiger partial charge in [-0.2, -0.15) is 4.72 Å². The van der Waals surface area contributed by atoms with E-state index in [0.717, 1.165) is 31.4 Å². The molecule has 0 aliphatic heterocycles. The number of carbonyl (C=O) groups excluding carboxylic acids is 1. The molecule has 1 aromatic carbocycles. The molecule has 1 rings (SSSR count). The number of rotatable bonds is 6. The molecular weight excluding hydrogens is 290 g/mol. The van der Waals surface area contributed by atoms with E-state index < -0.39 is 27.0 Å². The van der Waals surface area contributed by atoms with Crippen molar-refractivity contribution in [3.8, 4) is 0 Å². The number of ether oxygens (including phenoxy) is 1. The van der Waals surface area contributed by atoms with E-state index in [4.69, 9.17) is 5.73 Å². The molecule has 3 N–H and O–H groups in total. The van der Waals surface area contributed by atoms with E-state index >= 15 is 0 Å². The minimum Gasteiger partial charge on any atom is -0.468 e. The predicted molar refractivity (Wildman–Crippen MR) is 68.3 cm³/mol. The maximum absolute atomic E-state index is 12.0. The van der Waals surface area contributed by atoms with Gasteiger partial charge in [0.15, 0.2) is 0 Å². The van der Waals surface area contributed by atoms with Gasteiger partial charge < -0.3 is 10.5 Å². The SMILES string of the molecule is COC(=O)[C@H](CN)NS(=O)(=O)c1ccc([N+](=O)[O-])cc1. The number of benzene rings is 1. The number of nitrogens with zero attached hydrogens (tertiary/aromatic N) is 1. The summed E-state index contributed by atoms with van der Waals surface area (Å²) >= 11 is 0. The third kappa shape index (κ3) is 3.73. The van der Waals surface area contributed by atoms with Crippen molar-refractivity contribution >= 4 is 21.7 Å². The molecule has 0 amide bonds. The van der Waals surface area contributed by atoms with Crippen molar-refractivity contribution in [1.82, 2.24) is 4.72 Å². The lowest BCUT2D eigenvalue weighted by Gasteiger charge is -2.14. The zero-order chi connectivity index (χ0) is 15.3. The maximum Gasteiger partial charge on any atom is 0.325 e. The number of nitrogens with two attached hydrogens (primary N) is 1. The van der Waals surface area contributed by atoms with Crippen LogP contribution < -0.4 is 10.5 Å². The Hall–Kier alpha value is -2.04. The molecule has 0 aliphatic carbocycles. The van der Waals surface area contributed by atoms with Gasteiger partial charge >= 0.3 is 5.97 Å². The molecule has 0 aliphatic rings. The molecule has 1 atom stereocenters. The summed E-state index contributed by atoms with van der Waals surface area (Å²) in [5.74, 6) is -0.821. The van der Waals surface area contributed by atoms with Crippen LogP contribution in [-0.2, 0) is 19.6 Å². The van der Waals surface area contributed by atoms with Gasteiger partial charge in [-0.05, 0) is 12.1 Å². The second-order valence-electron chi connectivity index (χ2n) is 3.68. The summed E-state index contributed by atoms with van der Waals surface area (Å²) in [6.45, 7) is -0.279. The van der Waals surface area contributed by atoms with Gasteiger partial charge in [0, 0.05) is 18.7 Å². The number of nitrogens with one attached hydrogen (secondary N) is 1. The molecule has 110 valence electrons. The van der Waals surface area contributed by atoms with E-state index in [1.807, 2.05) is 0 Å². The Labute approximate surface area is 114 Å². The number of nitro groups is 1. The van der Waals surface area contributed by atoms with Crippen LogP contribution in [0.2, 0.25) is 0 Å². The topological polar surface area (TPSA) is 142 Å². The third-order valence-corrected chi connectivity index (χ3v) is 3.86. The number of esters is 1. The summed E-state index contributed by atoms with van der Waals surface area (Å²) in [6, 6.07) is 2.99. The quantitative estimate of drug-likeness (QED) is 0.405. The van der Waals surface area contributed by atoms with Crippen LogP contribution in [0, 0.1) is 10.1 Å². The largest absolute Gasteiger partial charge is 0.468 e. The smallest absolute Gasteiger partial charge is 0.325 e. The molecule has 9 nitrogen and oxygen atoms in total. The van der Waals surface area contributed by atoms with E-state index in [0.29, 0.717) is 0 Å². The van der Waals surface area contributed by atoms with E-state index in [9.17, 15) is 23.3 Å². The lowest BCUT2D eigenvalue weighted by molar-refractivity contribution is -0.384. The summed E-state index contributed by atoms with van der Waals surface area (Å²) < 4.78 is 30.4. The van der Waals surface area contributed by atoms with Crippen LogP contribution >= 0.6 is 0 Å². The Morgan fingerprint density at radius 3 is 2.40 bits per heavy atom. The Bertz CT molecular complexity index is 598. The van der Waals surface area contributed by atoms with Crippen LogP contribution in [0.25, 0.3) is 0 Å². The number of non-ortho nitro benzene ring substituents is 1. The van der Waals surface area contributed by atoms with Crippen LogP contribution in [0.15, 0.2) is 29.2 Å². The van der Waals surface area contributed by atoms with Crippen molar-refractivity contribution in [2.45, 2.75) is 10.9 Å². The Kier molecular flexibility index (Phi) is 5.13. The number of hydrogen-bond acceptors (Lipinski definition) is 7. The predicted octanol–water partition coefficient (Wildman–Crippen LogP) is -0.627. The van der Waals surface area contributed by atoms with Crippen LogP contribution in [0.1, 0.15) is 0 Å². The molecule has 0 spiro atoms. The summed E-state index contributed by atoms with van der Waals surface area (Å²) in [4.78, 5) is 20.9. The summed E-state index contributed by atoms with van der Waals surface area (Å²) in [5, 5.41) is 10.5. The van der Waals surface area contributed by atoms with Crippen molar-refractivity contribution in [1.29, 1.82) is 0 Å². The monoisotopic (exact) mass is 303 g/mol. The fourth-order valence-electron chi connectivity index (χ4n) is 1.34. The van der Waals surface area contributed by atoms with E-state index in [2.05, 4.69) is 9.46 Å². The third-order valence-electron chi connectivity index (χ3n) is 2.38. The fraction of sp³-hybridized carbons (Fsp3) is 0.300. The highest BCUT2D eigenvalue weighted by Gasteiger charge is 2.25. The minimum atomic E-state index is -4.02. The number of nitro benzene ring substituents is 1. The van der Waals surface area contributed by atoms with E-state index in [1.165, 1.54) is 0 Å². The highest BCUT2D eigenvalue weighted by Crippen LogP contribution is 2.15. The molecule has 0 fully saturated rings. The van der Waals surface area contributed by atoms with E-state index in [-0.39, 0.29) is 17.1 Å². The number of methoxy groups -OCH3 is 1. The van der Waals surface area contributed by atoms with Crippen LogP contribution in [0.3, 0.4) is 0 Å². The van der Waals surface area contributed by atoms with Gasteiger partial charge in [0.05, 0.1) is 16.9 Å². The molecule has 20 heavy (non-hydrogen) atoms. The molecule has 0 unspecified atom stereocenters. The first-order chi connectivity index (χ1) is 9.31. The molecule has 1 aromatic rings. The van der Waals surface area contributed by atoms with Gasteiger partial charge in [-0.15, -0.1) is 0 Å². The first-order valence-corrected chi connectivity index (χ1v) is 6.85. The molecule has 0 bridgehead atoms. The lowest BCUT2D eigenvalue weighted by Crippen LogP contribution is -2.46. The van der Waals surface area contributed by atoms with Crippen LogP contribution in [0.5, 0.6) is 0 Å². The molecule has 0 heterocycles. The number of carbonyl (C=O) groups is 1. The fourth-order valence-corrected chi connectivity index (χ4v) is 2.53. The summed E-state index contributed by atoms with van der Waals surface area (Å²) in [6.07, 6.45) is 0. The van der Waals surface area contributed by atoms with Gasteiger partial charge in [0.25, 0.3) is 5.69 Å². The summed E-state index contributed by atoms with van der Waals surface area (Å²) in [7, 11) is -2.92. The highest BCUT2D eigenvalue weighted by molar-refractivity contribution is 7.89. The standard InChI is InChI=1S/C10H13N3O6S/c1-19-10(14)9(6-11)12-20(17,18)8-4-2-7(3-5-8)13(15)16/h2-5,9,12H,6,11H2,1H3/t9-/m0/s1. The van der Waals surface area contributed by atoms with Crippen molar-refractivity contribution in [3.05, 3.63) is 34.4 Å². The van der Waals surface area contributed by atoms with Gasteiger partial charge in [0.1, 0.15) is 6.04 Å². The van der Waals surface area contributed by atoms with Gasteiger partial charge in [0.2, 0.25) is 10.0 Å². The first-order valence-electron chi connectivity index (χ1n) is 5.36. The normalized spacial score (nSPS) is 12.7.